The number of thiophene rings is 1. The van der Waals surface area contributed by atoms with Gasteiger partial charge in [0.15, 0.2) is 0 Å². The first-order valence-electron chi connectivity index (χ1n) is 5.85. The van der Waals surface area contributed by atoms with Gasteiger partial charge in [-0.3, -0.25) is 0 Å². The monoisotopic (exact) mass is 338 g/mol. The minimum absolute atomic E-state index is 0.314. The Bertz CT molecular complexity index is 658. The van der Waals surface area contributed by atoms with Crippen molar-refractivity contribution in [2.75, 3.05) is 5.73 Å². The van der Waals surface area contributed by atoms with Crippen molar-refractivity contribution < 1.29 is 4.39 Å². The molecule has 5 heteroatoms. The summed E-state index contributed by atoms with van der Waals surface area (Å²) in [6, 6.07) is 6.99. The molecule has 98 valence electrons. The maximum Gasteiger partial charge on any atom is 0.138 e. The molecule has 0 unspecified atom stereocenters. The summed E-state index contributed by atoms with van der Waals surface area (Å²) in [5.41, 5.74) is 8.22. The molecule has 0 spiro atoms. The van der Waals surface area contributed by atoms with E-state index < -0.39 is 0 Å². The van der Waals surface area contributed by atoms with E-state index in [0.717, 1.165) is 28.8 Å². The van der Waals surface area contributed by atoms with Crippen molar-refractivity contribution in [2.24, 2.45) is 0 Å². The van der Waals surface area contributed by atoms with Gasteiger partial charge in [0.1, 0.15) is 16.8 Å². The third-order valence-electron chi connectivity index (χ3n) is 2.85. The van der Waals surface area contributed by atoms with Crippen LogP contribution in [-0.4, -0.2) is 0 Å². The minimum atomic E-state index is -0.314. The lowest BCUT2D eigenvalue weighted by atomic mass is 10.0. The Morgan fingerprint density at radius 3 is 2.84 bits per heavy atom. The molecule has 1 aromatic heterocycles. The number of rotatable bonds is 3. The molecule has 0 saturated carbocycles. The summed E-state index contributed by atoms with van der Waals surface area (Å²) in [6.45, 7) is 2.05. The number of hydrogen-bond acceptors (Lipinski definition) is 3. The maximum absolute atomic E-state index is 13.6. The Morgan fingerprint density at radius 2 is 2.21 bits per heavy atom. The van der Waals surface area contributed by atoms with Crippen LogP contribution in [0.4, 0.5) is 10.1 Å². The van der Waals surface area contributed by atoms with Crippen molar-refractivity contribution in [3.63, 3.8) is 0 Å². The van der Waals surface area contributed by atoms with E-state index in [1.165, 1.54) is 17.4 Å². The highest BCUT2D eigenvalue weighted by Gasteiger charge is 2.19. The number of benzene rings is 1. The van der Waals surface area contributed by atoms with E-state index in [9.17, 15) is 4.39 Å². The van der Waals surface area contributed by atoms with Gasteiger partial charge in [-0.15, -0.1) is 11.3 Å². The summed E-state index contributed by atoms with van der Waals surface area (Å²) < 4.78 is 14.0. The third-order valence-corrected chi connectivity index (χ3v) is 4.84. The molecule has 1 aromatic carbocycles. The number of hydrogen-bond donors (Lipinski definition) is 1. The average Bonchev–Trinajstić information content (AvgIpc) is 2.71. The van der Waals surface area contributed by atoms with Gasteiger partial charge in [0.05, 0.1) is 10.2 Å². The molecule has 0 fully saturated rings. The van der Waals surface area contributed by atoms with Gasteiger partial charge in [0.2, 0.25) is 0 Å². The van der Waals surface area contributed by atoms with Crippen molar-refractivity contribution in [2.45, 2.75) is 19.8 Å². The lowest BCUT2D eigenvalue weighted by Gasteiger charge is -2.07. The second kappa shape index (κ2) is 5.72. The van der Waals surface area contributed by atoms with Crippen molar-refractivity contribution >= 4 is 33.0 Å². The molecule has 2 aromatic rings. The highest BCUT2D eigenvalue weighted by atomic mass is 79.9. The number of nitrogens with zero attached hydrogens (tertiary/aromatic N) is 1. The lowest BCUT2D eigenvalue weighted by Crippen LogP contribution is -1.93. The van der Waals surface area contributed by atoms with Crippen molar-refractivity contribution in [3.05, 3.63) is 38.9 Å². The number of anilines is 1. The van der Waals surface area contributed by atoms with E-state index >= 15 is 0 Å². The zero-order chi connectivity index (χ0) is 14.0. The standard InChI is InChI=1S/C14H12BrFN2S/c1-2-4-9-13(18)11(7-17)19-14(9)8-5-3-6-10(16)12(8)15/h3,5-6H,2,4,18H2,1H3. The molecular formula is C14H12BrFN2S. The molecule has 0 bridgehead atoms. The van der Waals surface area contributed by atoms with Gasteiger partial charge in [-0.2, -0.15) is 5.26 Å². The topological polar surface area (TPSA) is 49.8 Å². The Kier molecular flexibility index (Phi) is 4.23. The fraction of sp³-hybridized carbons (Fsp3) is 0.214. The van der Waals surface area contributed by atoms with Crippen LogP contribution in [0, 0.1) is 17.1 Å². The van der Waals surface area contributed by atoms with E-state index in [1.54, 1.807) is 6.07 Å². The van der Waals surface area contributed by atoms with Gasteiger partial charge in [-0.05, 0) is 34.0 Å². The summed E-state index contributed by atoms with van der Waals surface area (Å²) in [4.78, 5) is 1.37. The summed E-state index contributed by atoms with van der Waals surface area (Å²) in [7, 11) is 0. The normalized spacial score (nSPS) is 10.4. The molecular weight excluding hydrogens is 327 g/mol. The third kappa shape index (κ3) is 2.51. The van der Waals surface area contributed by atoms with E-state index in [2.05, 4.69) is 22.0 Å². The Balaban J connectivity index is 2.68. The number of nitrogens with two attached hydrogens (primary N) is 1. The van der Waals surface area contributed by atoms with Crippen molar-refractivity contribution in [1.82, 2.24) is 0 Å². The van der Waals surface area contributed by atoms with Crippen LogP contribution in [0.5, 0.6) is 0 Å². The smallest absolute Gasteiger partial charge is 0.138 e. The van der Waals surface area contributed by atoms with Crippen molar-refractivity contribution in [3.8, 4) is 16.5 Å². The van der Waals surface area contributed by atoms with Crippen LogP contribution < -0.4 is 5.73 Å². The molecule has 0 saturated heterocycles. The zero-order valence-electron chi connectivity index (χ0n) is 10.3. The molecule has 2 rings (SSSR count). The average molecular weight is 339 g/mol. The summed E-state index contributed by atoms with van der Waals surface area (Å²) >= 11 is 4.59. The molecule has 0 aliphatic heterocycles. The summed E-state index contributed by atoms with van der Waals surface area (Å²) in [5.74, 6) is -0.314. The van der Waals surface area contributed by atoms with Gasteiger partial charge in [-0.1, -0.05) is 25.5 Å². The minimum Gasteiger partial charge on any atom is -0.397 e. The molecule has 2 nitrogen and oxygen atoms in total. The van der Waals surface area contributed by atoms with Gasteiger partial charge >= 0.3 is 0 Å². The van der Waals surface area contributed by atoms with Gasteiger partial charge < -0.3 is 5.73 Å². The molecule has 19 heavy (non-hydrogen) atoms. The predicted molar refractivity (Wildman–Crippen MR) is 80.5 cm³/mol. The molecule has 0 atom stereocenters. The van der Waals surface area contributed by atoms with Crippen LogP contribution in [-0.2, 0) is 6.42 Å². The van der Waals surface area contributed by atoms with Crippen LogP contribution in [0.25, 0.3) is 10.4 Å². The van der Waals surface area contributed by atoms with E-state index in [-0.39, 0.29) is 5.82 Å². The molecule has 1 heterocycles. The molecule has 0 aliphatic rings. The van der Waals surface area contributed by atoms with Gasteiger partial charge in [0.25, 0.3) is 0 Å². The van der Waals surface area contributed by atoms with Crippen LogP contribution in [0.1, 0.15) is 23.8 Å². The molecule has 0 aliphatic carbocycles. The van der Waals surface area contributed by atoms with Gasteiger partial charge in [0, 0.05) is 10.4 Å². The zero-order valence-corrected chi connectivity index (χ0v) is 12.7. The first-order chi connectivity index (χ1) is 9.10. The predicted octanol–water partition coefficient (Wildman–Crippen LogP) is 4.72. The van der Waals surface area contributed by atoms with E-state index in [4.69, 9.17) is 11.0 Å². The Labute approximate surface area is 123 Å². The van der Waals surface area contributed by atoms with Crippen LogP contribution >= 0.6 is 27.3 Å². The second-order valence-electron chi connectivity index (χ2n) is 4.12. The summed E-state index contributed by atoms with van der Waals surface area (Å²) in [6.07, 6.45) is 1.70. The second-order valence-corrected chi connectivity index (χ2v) is 5.93. The lowest BCUT2D eigenvalue weighted by molar-refractivity contribution is 0.622. The number of halogens is 2. The van der Waals surface area contributed by atoms with E-state index in [0.29, 0.717) is 15.0 Å². The van der Waals surface area contributed by atoms with Crippen LogP contribution in [0.2, 0.25) is 0 Å². The molecule has 0 radical (unpaired) electrons. The molecule has 2 N–H and O–H groups in total. The first-order valence-corrected chi connectivity index (χ1v) is 7.46. The van der Waals surface area contributed by atoms with Gasteiger partial charge in [-0.25, -0.2) is 4.39 Å². The highest BCUT2D eigenvalue weighted by molar-refractivity contribution is 9.10. The SMILES string of the molecule is CCCc1c(-c2cccc(F)c2Br)sc(C#N)c1N. The Hall–Kier alpha value is -1.38. The van der Waals surface area contributed by atoms with Crippen LogP contribution in [0.15, 0.2) is 22.7 Å². The van der Waals surface area contributed by atoms with Crippen LogP contribution in [0.3, 0.4) is 0 Å². The summed E-state index contributed by atoms with van der Waals surface area (Å²) in [5, 5.41) is 9.09. The number of nitrogen functional groups attached to an aromatic ring is 1. The quantitative estimate of drug-likeness (QED) is 0.879. The first kappa shape index (κ1) is 14.0. The maximum atomic E-state index is 13.6. The fourth-order valence-corrected chi connectivity index (χ4v) is 3.65. The fourth-order valence-electron chi connectivity index (χ4n) is 1.96. The molecule has 0 amide bonds. The van der Waals surface area contributed by atoms with Crippen molar-refractivity contribution in [1.29, 1.82) is 5.26 Å². The Morgan fingerprint density at radius 1 is 1.47 bits per heavy atom. The number of nitriles is 1. The van der Waals surface area contributed by atoms with E-state index in [1.807, 2.05) is 13.0 Å². The largest absolute Gasteiger partial charge is 0.397 e. The highest BCUT2D eigenvalue weighted by Crippen LogP contribution is 2.42.